The molecule has 3 heterocycles. The monoisotopic (exact) mass is 284 g/mol. The summed E-state index contributed by atoms with van der Waals surface area (Å²) in [6, 6.07) is 8.73. The molecule has 0 radical (unpaired) electrons. The molecule has 0 saturated heterocycles. The Morgan fingerprint density at radius 1 is 1.35 bits per heavy atom. The fourth-order valence-electron chi connectivity index (χ4n) is 2.92. The molecule has 2 aromatic heterocycles. The molecule has 3 aromatic rings. The highest BCUT2D eigenvalue weighted by atomic mass is 32.1. The van der Waals surface area contributed by atoms with Gasteiger partial charge in [-0.3, -0.25) is 4.40 Å². The van der Waals surface area contributed by atoms with Crippen molar-refractivity contribution in [1.29, 1.82) is 0 Å². The minimum atomic E-state index is 0.202. The number of nitrogens with zero attached hydrogens (tertiary/aromatic N) is 3. The Balaban J connectivity index is 1.66. The van der Waals surface area contributed by atoms with E-state index in [9.17, 15) is 0 Å². The predicted molar refractivity (Wildman–Crippen MR) is 82.2 cm³/mol. The maximum Gasteiger partial charge on any atom is 0.193 e. The molecule has 1 aliphatic rings. The quantitative estimate of drug-likeness (QED) is 0.785. The molecule has 0 aliphatic carbocycles. The van der Waals surface area contributed by atoms with Crippen LogP contribution in [-0.4, -0.2) is 22.0 Å². The van der Waals surface area contributed by atoms with Gasteiger partial charge in [-0.2, -0.15) is 0 Å². The van der Waals surface area contributed by atoms with Crippen molar-refractivity contribution < 1.29 is 0 Å². The number of rotatable bonds is 2. The summed E-state index contributed by atoms with van der Waals surface area (Å²) in [6.07, 6.45) is 5.12. The summed E-state index contributed by atoms with van der Waals surface area (Å²) in [6.45, 7) is 1.71. The van der Waals surface area contributed by atoms with Crippen molar-refractivity contribution in [1.82, 2.24) is 9.38 Å². The number of hydrogen-bond donors (Lipinski definition) is 1. The van der Waals surface area contributed by atoms with Crippen LogP contribution in [0.1, 0.15) is 11.3 Å². The van der Waals surface area contributed by atoms with Gasteiger partial charge in [-0.1, -0.05) is 18.2 Å². The van der Waals surface area contributed by atoms with E-state index in [1.54, 1.807) is 11.3 Å². The van der Waals surface area contributed by atoms with Crippen molar-refractivity contribution in [2.24, 2.45) is 5.73 Å². The Kier molecular flexibility index (Phi) is 2.75. The minimum absolute atomic E-state index is 0.202. The van der Waals surface area contributed by atoms with Gasteiger partial charge in [0.1, 0.15) is 0 Å². The minimum Gasteiger partial charge on any atom is -0.364 e. The van der Waals surface area contributed by atoms with Crippen molar-refractivity contribution in [3.8, 4) is 0 Å². The number of thiazole rings is 1. The van der Waals surface area contributed by atoms with E-state index >= 15 is 0 Å². The Morgan fingerprint density at radius 2 is 2.25 bits per heavy atom. The van der Waals surface area contributed by atoms with Crippen molar-refractivity contribution in [3.63, 3.8) is 0 Å². The first kappa shape index (κ1) is 11.9. The van der Waals surface area contributed by atoms with E-state index in [1.165, 1.54) is 11.3 Å². The van der Waals surface area contributed by atoms with Crippen LogP contribution in [0.25, 0.3) is 4.96 Å². The molecular formula is C15H16N4S. The van der Waals surface area contributed by atoms with Crippen molar-refractivity contribution in [3.05, 3.63) is 53.3 Å². The van der Waals surface area contributed by atoms with Crippen LogP contribution >= 0.6 is 11.3 Å². The van der Waals surface area contributed by atoms with Gasteiger partial charge in [0, 0.05) is 36.0 Å². The number of aromatic nitrogens is 2. The van der Waals surface area contributed by atoms with Crippen LogP contribution in [0.15, 0.2) is 42.0 Å². The van der Waals surface area contributed by atoms with Gasteiger partial charge in [-0.25, -0.2) is 4.98 Å². The highest BCUT2D eigenvalue weighted by Gasteiger charge is 2.22. The lowest BCUT2D eigenvalue weighted by Crippen LogP contribution is -2.42. The van der Waals surface area contributed by atoms with Crippen LogP contribution in [0.2, 0.25) is 0 Å². The number of imidazole rings is 1. The van der Waals surface area contributed by atoms with Crippen LogP contribution in [0.4, 0.5) is 5.69 Å². The number of hydrogen-bond acceptors (Lipinski definition) is 4. The summed E-state index contributed by atoms with van der Waals surface area (Å²) in [5, 5.41) is 2.05. The van der Waals surface area contributed by atoms with Crippen molar-refractivity contribution in [2.75, 3.05) is 11.4 Å². The second-order valence-electron chi connectivity index (χ2n) is 5.30. The van der Waals surface area contributed by atoms with Gasteiger partial charge in [-0.05, 0) is 18.1 Å². The Morgan fingerprint density at radius 3 is 3.15 bits per heavy atom. The number of fused-ring (bicyclic) bond motifs is 2. The Hall–Kier alpha value is -1.85. The topological polar surface area (TPSA) is 46.6 Å². The molecule has 1 unspecified atom stereocenters. The second kappa shape index (κ2) is 4.61. The molecule has 0 amide bonds. The van der Waals surface area contributed by atoms with Gasteiger partial charge in [0.2, 0.25) is 0 Å². The molecule has 1 aromatic carbocycles. The third-order valence-electron chi connectivity index (χ3n) is 3.77. The molecule has 1 atom stereocenters. The average Bonchev–Trinajstić information content (AvgIpc) is 2.99. The van der Waals surface area contributed by atoms with E-state index in [0.717, 1.165) is 30.2 Å². The normalized spacial score (nSPS) is 18.4. The lowest BCUT2D eigenvalue weighted by atomic mass is 9.98. The van der Waals surface area contributed by atoms with Crippen molar-refractivity contribution in [2.45, 2.75) is 19.0 Å². The molecule has 0 saturated carbocycles. The highest BCUT2D eigenvalue weighted by molar-refractivity contribution is 7.15. The van der Waals surface area contributed by atoms with Crippen LogP contribution in [-0.2, 0) is 13.0 Å². The summed E-state index contributed by atoms with van der Waals surface area (Å²) in [5.74, 6) is 0. The predicted octanol–water partition coefficient (Wildman–Crippen LogP) is 2.29. The molecule has 0 fully saturated rings. The summed E-state index contributed by atoms with van der Waals surface area (Å²) in [7, 11) is 0. The smallest absolute Gasteiger partial charge is 0.193 e. The molecule has 102 valence electrons. The molecular weight excluding hydrogens is 268 g/mol. The van der Waals surface area contributed by atoms with E-state index in [4.69, 9.17) is 5.73 Å². The molecule has 20 heavy (non-hydrogen) atoms. The lowest BCUT2D eigenvalue weighted by Gasteiger charge is -2.34. The van der Waals surface area contributed by atoms with E-state index in [-0.39, 0.29) is 6.04 Å². The van der Waals surface area contributed by atoms with Gasteiger partial charge >= 0.3 is 0 Å². The third kappa shape index (κ3) is 1.99. The van der Waals surface area contributed by atoms with Gasteiger partial charge in [-0.15, -0.1) is 11.3 Å². The zero-order valence-corrected chi connectivity index (χ0v) is 11.9. The van der Waals surface area contributed by atoms with E-state index in [1.807, 2.05) is 6.20 Å². The average molecular weight is 284 g/mol. The molecule has 4 nitrogen and oxygen atoms in total. The van der Waals surface area contributed by atoms with Crippen LogP contribution < -0.4 is 10.6 Å². The summed E-state index contributed by atoms with van der Waals surface area (Å²) in [5.41, 5.74) is 9.92. The maximum absolute atomic E-state index is 6.18. The zero-order chi connectivity index (χ0) is 13.5. The second-order valence-corrected chi connectivity index (χ2v) is 6.17. The molecule has 2 N–H and O–H groups in total. The molecule has 4 rings (SSSR count). The largest absolute Gasteiger partial charge is 0.364 e. The Bertz CT molecular complexity index is 717. The molecule has 1 aliphatic heterocycles. The number of benzene rings is 1. The number of para-hydroxylation sites is 1. The number of nitrogens with two attached hydrogens (primary N) is 1. The van der Waals surface area contributed by atoms with E-state index in [2.05, 4.69) is 50.1 Å². The molecule has 5 heteroatoms. The Labute approximate surface area is 121 Å². The SMILES string of the molecule is NC1Cc2ccccc2N(Cc2cn3ccsc3n2)C1. The van der Waals surface area contributed by atoms with Gasteiger partial charge in [0.15, 0.2) is 4.96 Å². The highest BCUT2D eigenvalue weighted by Crippen LogP contribution is 2.27. The molecule has 0 spiro atoms. The van der Waals surface area contributed by atoms with Crippen molar-refractivity contribution >= 4 is 22.0 Å². The first-order valence-corrected chi connectivity index (χ1v) is 7.67. The van der Waals surface area contributed by atoms with Crippen LogP contribution in [0.3, 0.4) is 0 Å². The van der Waals surface area contributed by atoms with Crippen LogP contribution in [0, 0.1) is 0 Å². The molecule has 0 bridgehead atoms. The standard InChI is InChI=1S/C15H16N4S/c16-12-7-11-3-1-2-4-14(11)19(8-12)10-13-9-18-5-6-20-15(18)17-13/h1-6,9,12H,7-8,10,16H2. The van der Waals surface area contributed by atoms with E-state index < -0.39 is 0 Å². The van der Waals surface area contributed by atoms with Gasteiger partial charge < -0.3 is 10.6 Å². The number of anilines is 1. The van der Waals surface area contributed by atoms with Gasteiger partial charge in [0.05, 0.1) is 12.2 Å². The maximum atomic E-state index is 6.18. The third-order valence-corrected chi connectivity index (χ3v) is 4.54. The fourth-order valence-corrected chi connectivity index (χ4v) is 3.64. The lowest BCUT2D eigenvalue weighted by molar-refractivity contribution is 0.596. The van der Waals surface area contributed by atoms with E-state index in [0.29, 0.717) is 0 Å². The first-order chi connectivity index (χ1) is 9.79. The fraction of sp³-hybridized carbons (Fsp3) is 0.267. The summed E-state index contributed by atoms with van der Waals surface area (Å²) >= 11 is 1.66. The van der Waals surface area contributed by atoms with Crippen LogP contribution in [0.5, 0.6) is 0 Å². The first-order valence-electron chi connectivity index (χ1n) is 6.79. The summed E-state index contributed by atoms with van der Waals surface area (Å²) < 4.78 is 2.08. The van der Waals surface area contributed by atoms with Gasteiger partial charge in [0.25, 0.3) is 0 Å². The zero-order valence-electron chi connectivity index (χ0n) is 11.1. The summed E-state index contributed by atoms with van der Waals surface area (Å²) in [4.78, 5) is 8.06.